The van der Waals surface area contributed by atoms with Gasteiger partial charge in [0.2, 0.25) is 10.0 Å². The van der Waals surface area contributed by atoms with Gasteiger partial charge in [-0.15, -0.1) is 0 Å². The van der Waals surface area contributed by atoms with Gasteiger partial charge in [-0.05, 0) is 31.7 Å². The molecule has 2 rings (SSSR count). The van der Waals surface area contributed by atoms with E-state index in [0.29, 0.717) is 13.1 Å². The van der Waals surface area contributed by atoms with Gasteiger partial charge in [0.05, 0.1) is 16.8 Å². The average Bonchev–Trinajstić information content (AvgIpc) is 2.81. The summed E-state index contributed by atoms with van der Waals surface area (Å²) in [6.07, 6.45) is 4.11. The van der Waals surface area contributed by atoms with E-state index in [1.54, 1.807) is 0 Å². The molecule has 0 amide bonds. The van der Waals surface area contributed by atoms with E-state index in [1.165, 1.54) is 4.31 Å². The van der Waals surface area contributed by atoms with E-state index in [2.05, 4.69) is 0 Å². The molecular formula is C13H26N2O4S2. The van der Waals surface area contributed by atoms with Crippen LogP contribution in [0.3, 0.4) is 0 Å². The first-order valence-electron chi connectivity index (χ1n) is 7.73. The molecule has 1 aliphatic carbocycles. The van der Waals surface area contributed by atoms with Crippen molar-refractivity contribution in [3.63, 3.8) is 0 Å². The first-order valence-corrected chi connectivity index (χ1v) is 11.1. The Morgan fingerprint density at radius 1 is 1.19 bits per heavy atom. The predicted molar refractivity (Wildman–Crippen MR) is 83.2 cm³/mol. The third-order valence-corrected chi connectivity index (χ3v) is 9.20. The molecule has 2 aliphatic rings. The lowest BCUT2D eigenvalue weighted by Gasteiger charge is -2.39. The topological polar surface area (TPSA) is 97.5 Å². The molecule has 1 aliphatic heterocycles. The molecule has 0 aromatic carbocycles. The summed E-state index contributed by atoms with van der Waals surface area (Å²) < 4.78 is 50.4. The van der Waals surface area contributed by atoms with Gasteiger partial charge in [0.25, 0.3) is 0 Å². The molecule has 0 aromatic rings. The molecule has 1 saturated heterocycles. The fourth-order valence-corrected chi connectivity index (χ4v) is 8.45. The zero-order valence-electron chi connectivity index (χ0n) is 12.6. The average molecular weight is 338 g/mol. The van der Waals surface area contributed by atoms with Gasteiger partial charge < -0.3 is 5.73 Å². The minimum Gasteiger partial charge on any atom is -0.330 e. The van der Waals surface area contributed by atoms with Crippen molar-refractivity contribution in [1.29, 1.82) is 0 Å². The Labute approximate surface area is 128 Å². The molecule has 21 heavy (non-hydrogen) atoms. The Morgan fingerprint density at radius 2 is 1.86 bits per heavy atom. The highest BCUT2D eigenvalue weighted by molar-refractivity contribution is 7.95. The molecule has 6 nitrogen and oxygen atoms in total. The van der Waals surface area contributed by atoms with Gasteiger partial charge in [-0.25, -0.2) is 16.8 Å². The Bertz CT molecular complexity index is 559. The van der Waals surface area contributed by atoms with Crippen LogP contribution in [-0.4, -0.2) is 57.0 Å². The van der Waals surface area contributed by atoms with Crippen LogP contribution in [0.2, 0.25) is 0 Å². The van der Waals surface area contributed by atoms with E-state index >= 15 is 0 Å². The normalized spacial score (nSPS) is 33.4. The van der Waals surface area contributed by atoms with Crippen molar-refractivity contribution in [3.8, 4) is 0 Å². The van der Waals surface area contributed by atoms with Gasteiger partial charge in [-0.2, -0.15) is 4.31 Å². The Morgan fingerprint density at radius 3 is 2.38 bits per heavy atom. The van der Waals surface area contributed by atoms with Crippen LogP contribution in [0.1, 0.15) is 39.0 Å². The number of sulfone groups is 1. The van der Waals surface area contributed by atoms with E-state index in [4.69, 9.17) is 5.73 Å². The quantitative estimate of drug-likeness (QED) is 0.780. The van der Waals surface area contributed by atoms with Crippen molar-refractivity contribution in [2.24, 2.45) is 11.7 Å². The van der Waals surface area contributed by atoms with E-state index in [9.17, 15) is 16.8 Å². The number of rotatable bonds is 5. The van der Waals surface area contributed by atoms with Crippen molar-refractivity contribution < 1.29 is 16.8 Å². The molecule has 0 radical (unpaired) electrons. The Kier molecular flexibility index (Phi) is 5.33. The molecule has 1 saturated carbocycles. The highest BCUT2D eigenvalue weighted by Gasteiger charge is 2.43. The minimum atomic E-state index is -3.57. The lowest BCUT2D eigenvalue weighted by Crippen LogP contribution is -2.51. The standard InChI is InChI=1S/C13H26N2O4S2/c1-2-15(13-6-4-3-5-11(13)9-14)21(18,19)12-7-8-20(16,17)10-12/h11-13H,2-10,14H2,1H3. The van der Waals surface area contributed by atoms with Crippen molar-refractivity contribution >= 4 is 19.9 Å². The largest absolute Gasteiger partial charge is 0.330 e. The summed E-state index contributed by atoms with van der Waals surface area (Å²) >= 11 is 0. The van der Waals surface area contributed by atoms with Crippen LogP contribution in [-0.2, 0) is 19.9 Å². The summed E-state index contributed by atoms with van der Waals surface area (Å²) in [5.41, 5.74) is 5.81. The maximum absolute atomic E-state index is 12.8. The number of hydrogen-bond acceptors (Lipinski definition) is 5. The molecule has 3 atom stereocenters. The van der Waals surface area contributed by atoms with Crippen LogP contribution >= 0.6 is 0 Å². The second-order valence-corrected chi connectivity index (χ2v) is 10.5. The molecule has 124 valence electrons. The van der Waals surface area contributed by atoms with Crippen LogP contribution in [0.25, 0.3) is 0 Å². The molecule has 0 aromatic heterocycles. The zero-order valence-corrected chi connectivity index (χ0v) is 14.2. The summed E-state index contributed by atoms with van der Waals surface area (Å²) in [5.74, 6) is -0.0582. The van der Waals surface area contributed by atoms with Crippen LogP contribution in [0.5, 0.6) is 0 Å². The highest BCUT2D eigenvalue weighted by atomic mass is 32.2. The molecule has 2 N–H and O–H groups in total. The smallest absolute Gasteiger partial charge is 0.218 e. The minimum absolute atomic E-state index is 0.0144. The molecule has 1 heterocycles. The maximum Gasteiger partial charge on any atom is 0.218 e. The van der Waals surface area contributed by atoms with Gasteiger partial charge in [0.15, 0.2) is 9.84 Å². The number of nitrogens with two attached hydrogens (primary N) is 1. The first kappa shape index (κ1) is 17.2. The predicted octanol–water partition coefficient (Wildman–Crippen LogP) is 0.343. The van der Waals surface area contributed by atoms with Crippen LogP contribution < -0.4 is 5.73 Å². The fourth-order valence-electron chi connectivity index (χ4n) is 3.63. The summed E-state index contributed by atoms with van der Waals surface area (Å²) in [6, 6.07) is -0.0675. The monoisotopic (exact) mass is 338 g/mol. The first-order chi connectivity index (χ1) is 9.81. The second kappa shape index (κ2) is 6.52. The fraction of sp³-hybridized carbons (Fsp3) is 1.00. The lowest BCUT2D eigenvalue weighted by molar-refractivity contribution is 0.186. The van der Waals surface area contributed by atoms with Crippen molar-refractivity contribution in [2.75, 3.05) is 24.6 Å². The summed E-state index contributed by atoms with van der Waals surface area (Å²) in [7, 11) is -6.77. The van der Waals surface area contributed by atoms with Crippen LogP contribution in [0.4, 0.5) is 0 Å². The SMILES string of the molecule is CCN(C1CCCCC1CN)S(=O)(=O)C1CCS(=O)(=O)C1. The van der Waals surface area contributed by atoms with E-state index < -0.39 is 25.1 Å². The van der Waals surface area contributed by atoms with E-state index in [-0.39, 0.29) is 29.9 Å². The molecule has 8 heteroatoms. The molecule has 3 unspecified atom stereocenters. The molecule has 2 fully saturated rings. The number of hydrogen-bond donors (Lipinski definition) is 1. The third kappa shape index (κ3) is 3.60. The van der Waals surface area contributed by atoms with Gasteiger partial charge in [0, 0.05) is 12.6 Å². The Hall–Kier alpha value is -0.180. The highest BCUT2D eigenvalue weighted by Crippen LogP contribution is 2.32. The number of sulfonamides is 1. The second-order valence-electron chi connectivity index (χ2n) is 6.12. The molecule has 0 bridgehead atoms. The van der Waals surface area contributed by atoms with Gasteiger partial charge >= 0.3 is 0 Å². The Balaban J connectivity index is 2.23. The summed E-state index contributed by atoms with van der Waals surface area (Å²) in [6.45, 7) is 2.70. The summed E-state index contributed by atoms with van der Waals surface area (Å²) in [4.78, 5) is 0. The third-order valence-electron chi connectivity index (χ3n) is 4.79. The van der Waals surface area contributed by atoms with E-state index in [0.717, 1.165) is 25.7 Å². The van der Waals surface area contributed by atoms with Gasteiger partial charge in [-0.3, -0.25) is 0 Å². The van der Waals surface area contributed by atoms with Gasteiger partial charge in [0.1, 0.15) is 0 Å². The maximum atomic E-state index is 12.8. The van der Waals surface area contributed by atoms with Gasteiger partial charge in [-0.1, -0.05) is 19.8 Å². The summed E-state index contributed by atoms with van der Waals surface area (Å²) in [5, 5.41) is -0.775. The molecular weight excluding hydrogens is 312 g/mol. The number of nitrogens with zero attached hydrogens (tertiary/aromatic N) is 1. The lowest BCUT2D eigenvalue weighted by atomic mass is 9.84. The van der Waals surface area contributed by atoms with Crippen LogP contribution in [0, 0.1) is 5.92 Å². The van der Waals surface area contributed by atoms with E-state index in [1.807, 2.05) is 6.92 Å². The molecule has 0 spiro atoms. The van der Waals surface area contributed by atoms with Crippen molar-refractivity contribution in [2.45, 2.75) is 50.3 Å². The zero-order chi connectivity index (χ0) is 15.7. The van der Waals surface area contributed by atoms with Crippen molar-refractivity contribution in [1.82, 2.24) is 4.31 Å². The van der Waals surface area contributed by atoms with Crippen molar-refractivity contribution in [3.05, 3.63) is 0 Å². The van der Waals surface area contributed by atoms with Crippen LogP contribution in [0.15, 0.2) is 0 Å².